The molecule has 0 atom stereocenters. The third kappa shape index (κ3) is 4.81. The number of aryl methyl sites for hydroxylation is 2. The van der Waals surface area contributed by atoms with E-state index in [-0.39, 0.29) is 6.15 Å². The second-order valence-corrected chi connectivity index (χ2v) is 3.64. The zero-order chi connectivity index (χ0) is 10.4. The molecule has 1 rings (SSSR count). The summed E-state index contributed by atoms with van der Waals surface area (Å²) in [5.74, 6) is 0. The predicted molar refractivity (Wildman–Crippen MR) is 65.4 cm³/mol. The summed E-state index contributed by atoms with van der Waals surface area (Å²) in [6, 6.07) is 6.26. The average Bonchev–Trinajstić information content (AvgIpc) is 2.18. The van der Waals surface area contributed by atoms with Crippen LogP contribution in [0.15, 0.2) is 18.2 Å². The highest BCUT2D eigenvalue weighted by Crippen LogP contribution is 2.14. The second-order valence-electron chi connectivity index (χ2n) is 3.64. The number of anilines is 1. The van der Waals surface area contributed by atoms with E-state index in [1.54, 1.807) is 7.11 Å². The SMILES string of the molecule is COCCCCc1ccc(N)c(C)c1.N. The van der Waals surface area contributed by atoms with Crippen LogP contribution in [0.5, 0.6) is 0 Å². The second kappa shape index (κ2) is 7.26. The number of hydrogen-bond donors (Lipinski definition) is 2. The van der Waals surface area contributed by atoms with E-state index in [0.717, 1.165) is 25.1 Å². The lowest BCUT2D eigenvalue weighted by Gasteiger charge is -2.04. The van der Waals surface area contributed by atoms with Gasteiger partial charge >= 0.3 is 0 Å². The first-order valence-corrected chi connectivity index (χ1v) is 5.08. The molecule has 0 fully saturated rings. The molecule has 0 spiro atoms. The van der Waals surface area contributed by atoms with E-state index in [4.69, 9.17) is 10.5 Å². The largest absolute Gasteiger partial charge is 0.399 e. The number of nitrogens with two attached hydrogens (primary N) is 1. The lowest BCUT2D eigenvalue weighted by Crippen LogP contribution is -1.94. The van der Waals surface area contributed by atoms with Gasteiger partial charge in [0.15, 0.2) is 0 Å². The highest BCUT2D eigenvalue weighted by Gasteiger charge is 1.96. The smallest absolute Gasteiger partial charge is 0.0462 e. The summed E-state index contributed by atoms with van der Waals surface area (Å²) in [5, 5.41) is 0. The zero-order valence-corrected chi connectivity index (χ0v) is 9.75. The summed E-state index contributed by atoms with van der Waals surface area (Å²) in [5.41, 5.74) is 9.17. The van der Waals surface area contributed by atoms with Gasteiger partial charge in [-0.05, 0) is 43.4 Å². The minimum atomic E-state index is 0. The van der Waals surface area contributed by atoms with Crippen LogP contribution in [0.4, 0.5) is 5.69 Å². The fraction of sp³-hybridized carbons (Fsp3) is 0.500. The molecule has 0 saturated carbocycles. The summed E-state index contributed by atoms with van der Waals surface area (Å²) in [4.78, 5) is 0. The number of nitrogen functional groups attached to an aromatic ring is 1. The molecule has 0 heterocycles. The van der Waals surface area contributed by atoms with E-state index < -0.39 is 0 Å². The molecular formula is C12H22N2O. The topological polar surface area (TPSA) is 70.2 Å². The van der Waals surface area contributed by atoms with Crippen LogP contribution < -0.4 is 11.9 Å². The van der Waals surface area contributed by atoms with Gasteiger partial charge in [0.25, 0.3) is 0 Å². The van der Waals surface area contributed by atoms with Crippen molar-refractivity contribution in [2.75, 3.05) is 19.5 Å². The normalized spacial score (nSPS) is 9.73. The van der Waals surface area contributed by atoms with Crippen molar-refractivity contribution in [1.82, 2.24) is 6.15 Å². The van der Waals surface area contributed by atoms with Crippen LogP contribution in [0.3, 0.4) is 0 Å². The fourth-order valence-electron chi connectivity index (χ4n) is 1.47. The van der Waals surface area contributed by atoms with Crippen LogP contribution in [0, 0.1) is 6.92 Å². The maximum atomic E-state index is 5.75. The van der Waals surface area contributed by atoms with Crippen molar-refractivity contribution in [2.24, 2.45) is 0 Å². The van der Waals surface area contributed by atoms with E-state index in [9.17, 15) is 0 Å². The van der Waals surface area contributed by atoms with E-state index in [2.05, 4.69) is 12.1 Å². The number of hydrogen-bond acceptors (Lipinski definition) is 3. The van der Waals surface area contributed by atoms with Gasteiger partial charge in [0, 0.05) is 19.4 Å². The van der Waals surface area contributed by atoms with E-state index in [0.29, 0.717) is 0 Å². The Morgan fingerprint density at radius 2 is 2.00 bits per heavy atom. The van der Waals surface area contributed by atoms with Crippen LogP contribution in [0.2, 0.25) is 0 Å². The molecule has 0 aliphatic rings. The maximum absolute atomic E-state index is 5.75. The number of methoxy groups -OCH3 is 1. The zero-order valence-electron chi connectivity index (χ0n) is 9.75. The van der Waals surface area contributed by atoms with Gasteiger partial charge < -0.3 is 16.6 Å². The lowest BCUT2D eigenvalue weighted by atomic mass is 10.0. The van der Waals surface area contributed by atoms with Crippen LogP contribution in [0.1, 0.15) is 24.0 Å². The molecule has 3 heteroatoms. The molecule has 5 N–H and O–H groups in total. The Balaban J connectivity index is 0.00000196. The summed E-state index contributed by atoms with van der Waals surface area (Å²) in [6.07, 6.45) is 3.42. The van der Waals surface area contributed by atoms with Crippen molar-refractivity contribution in [3.8, 4) is 0 Å². The van der Waals surface area contributed by atoms with Gasteiger partial charge in [0.2, 0.25) is 0 Å². The fourth-order valence-corrected chi connectivity index (χ4v) is 1.47. The van der Waals surface area contributed by atoms with Crippen LogP contribution in [-0.4, -0.2) is 13.7 Å². The number of rotatable bonds is 5. The van der Waals surface area contributed by atoms with Crippen molar-refractivity contribution in [3.05, 3.63) is 29.3 Å². The summed E-state index contributed by atoms with van der Waals surface area (Å²) < 4.78 is 5.00. The van der Waals surface area contributed by atoms with E-state index in [1.165, 1.54) is 17.5 Å². The molecule has 0 aliphatic heterocycles. The van der Waals surface area contributed by atoms with Crippen molar-refractivity contribution < 1.29 is 4.74 Å². The van der Waals surface area contributed by atoms with Crippen LogP contribution in [-0.2, 0) is 11.2 Å². The first-order valence-electron chi connectivity index (χ1n) is 5.08. The minimum Gasteiger partial charge on any atom is -0.399 e. The van der Waals surface area contributed by atoms with Gasteiger partial charge in [-0.3, -0.25) is 0 Å². The Morgan fingerprint density at radius 3 is 2.60 bits per heavy atom. The molecule has 0 aromatic heterocycles. The van der Waals surface area contributed by atoms with Gasteiger partial charge in [-0.15, -0.1) is 0 Å². The molecule has 0 unspecified atom stereocenters. The summed E-state index contributed by atoms with van der Waals surface area (Å²) in [6.45, 7) is 2.90. The van der Waals surface area contributed by atoms with Gasteiger partial charge in [-0.2, -0.15) is 0 Å². The quantitative estimate of drug-likeness (QED) is 0.580. The molecule has 0 radical (unpaired) electrons. The summed E-state index contributed by atoms with van der Waals surface area (Å²) in [7, 11) is 1.74. The molecule has 86 valence electrons. The standard InChI is InChI=1S/C12H19NO.H3N/c1-10-9-11(6-7-12(10)13)5-3-4-8-14-2;/h6-7,9H,3-5,8,13H2,1-2H3;1H3. The molecule has 0 amide bonds. The third-order valence-electron chi connectivity index (χ3n) is 2.40. The maximum Gasteiger partial charge on any atom is 0.0462 e. The van der Waals surface area contributed by atoms with Crippen molar-refractivity contribution in [1.29, 1.82) is 0 Å². The molecule has 1 aromatic carbocycles. The van der Waals surface area contributed by atoms with Crippen molar-refractivity contribution >= 4 is 5.69 Å². The Kier molecular flexibility index (Phi) is 6.75. The highest BCUT2D eigenvalue weighted by atomic mass is 16.5. The van der Waals surface area contributed by atoms with Crippen molar-refractivity contribution in [2.45, 2.75) is 26.2 Å². The monoisotopic (exact) mass is 210 g/mol. The minimum absolute atomic E-state index is 0. The Hall–Kier alpha value is -1.06. The number of unbranched alkanes of at least 4 members (excludes halogenated alkanes) is 1. The highest BCUT2D eigenvalue weighted by molar-refractivity contribution is 5.47. The number of benzene rings is 1. The van der Waals surface area contributed by atoms with Gasteiger partial charge in [0.05, 0.1) is 0 Å². The van der Waals surface area contributed by atoms with Crippen LogP contribution >= 0.6 is 0 Å². The molecule has 3 nitrogen and oxygen atoms in total. The lowest BCUT2D eigenvalue weighted by molar-refractivity contribution is 0.193. The molecule has 0 aliphatic carbocycles. The number of ether oxygens (including phenoxy) is 1. The molecular weight excluding hydrogens is 188 g/mol. The van der Waals surface area contributed by atoms with Gasteiger partial charge in [-0.25, -0.2) is 0 Å². The first-order chi connectivity index (χ1) is 6.74. The Bertz CT molecular complexity index is 287. The van der Waals surface area contributed by atoms with Gasteiger partial charge in [0.1, 0.15) is 0 Å². The third-order valence-corrected chi connectivity index (χ3v) is 2.40. The van der Waals surface area contributed by atoms with Gasteiger partial charge in [-0.1, -0.05) is 12.1 Å². The molecule has 1 aromatic rings. The molecule has 15 heavy (non-hydrogen) atoms. The molecule has 0 saturated heterocycles. The van der Waals surface area contributed by atoms with Crippen molar-refractivity contribution in [3.63, 3.8) is 0 Å². The predicted octanol–water partition coefficient (Wildman–Crippen LogP) is 2.71. The Morgan fingerprint density at radius 1 is 1.27 bits per heavy atom. The molecule has 0 bridgehead atoms. The first kappa shape index (κ1) is 13.9. The average molecular weight is 210 g/mol. The van der Waals surface area contributed by atoms with E-state index >= 15 is 0 Å². The van der Waals surface area contributed by atoms with Crippen LogP contribution in [0.25, 0.3) is 0 Å². The summed E-state index contributed by atoms with van der Waals surface area (Å²) >= 11 is 0. The van der Waals surface area contributed by atoms with E-state index in [1.807, 2.05) is 13.0 Å². The Labute approximate surface area is 92.2 Å².